The fourth-order valence-corrected chi connectivity index (χ4v) is 1.09. The maximum atomic E-state index is 13.2. The summed E-state index contributed by atoms with van der Waals surface area (Å²) in [4.78, 5) is 13.2. The maximum Gasteiger partial charge on any atom is 0.314 e. The Kier molecular flexibility index (Phi) is 0.905. The number of hydrogen-bond acceptors (Lipinski definition) is 3. The minimum atomic E-state index is -4.37. The highest BCUT2D eigenvalue weighted by Gasteiger charge is 2.31. The normalized spacial score (nSPS) is 58.0. The molecule has 0 amide bonds. The minimum Gasteiger partial charge on any atom is -0.469 e. The molecule has 0 bridgehead atoms. The second-order valence-corrected chi connectivity index (χ2v) is 2.71. The van der Waals surface area contributed by atoms with Gasteiger partial charge in [-0.3, -0.25) is 4.79 Å². The molecule has 1 aliphatic rings. The molecule has 0 spiro atoms. The first kappa shape index (κ1) is 2.64. The van der Waals surface area contributed by atoms with Crippen LogP contribution in [0.2, 0.25) is 1.41 Å². The maximum absolute atomic E-state index is 13.2. The van der Waals surface area contributed by atoms with Gasteiger partial charge in [0.05, 0.1) is 23.9 Å². The fourth-order valence-electron chi connectivity index (χ4n) is 1.09. The predicted octanol–water partition coefficient (Wildman–Crippen LogP) is 2.09. The zero-order valence-electron chi connectivity index (χ0n) is 27.3. The minimum absolute atomic E-state index is 0.921. The van der Waals surface area contributed by atoms with Crippen LogP contribution >= 0.6 is 0 Å². The molecule has 1 N–H and O–H groups in total. The second kappa shape index (κ2) is 5.82. The number of methoxy groups -OCH3 is 1. The lowest BCUT2D eigenvalue weighted by Crippen LogP contribution is -2.42. The summed E-state index contributed by atoms with van der Waals surface area (Å²) in [5.41, 5.74) is -1.62. The highest BCUT2D eigenvalue weighted by molar-refractivity contribution is 5.79. The van der Waals surface area contributed by atoms with Gasteiger partial charge in [0.15, 0.2) is 0 Å². The van der Waals surface area contributed by atoms with Crippen molar-refractivity contribution < 1.29 is 35.6 Å². The van der Waals surface area contributed by atoms with Gasteiger partial charge >= 0.3 is 5.97 Å². The smallest absolute Gasteiger partial charge is 0.314 e. The third kappa shape index (κ3) is 2.86. The van der Waals surface area contributed by atoms with Crippen LogP contribution < -0.4 is 5.31 Å². The first-order chi connectivity index (χ1) is 15.7. The number of piperidine rings is 1. The lowest BCUT2D eigenvalue weighted by Gasteiger charge is -2.29. The van der Waals surface area contributed by atoms with Crippen molar-refractivity contribution in [3.63, 3.8) is 0 Å². The van der Waals surface area contributed by atoms with Gasteiger partial charge < -0.3 is 10.0 Å². The topological polar surface area (TPSA) is 38.3 Å². The summed E-state index contributed by atoms with van der Waals surface area (Å²) in [5, 5.41) is -0.921. The predicted molar refractivity (Wildman–Crippen MR) is 66.8 cm³/mol. The van der Waals surface area contributed by atoms with E-state index in [9.17, 15) is 4.79 Å². The van der Waals surface area contributed by atoms with E-state index in [0.717, 1.165) is 0 Å². The molecule has 1 saturated heterocycles. The largest absolute Gasteiger partial charge is 0.469 e. The standard InChI is InChI=1S/C14H19NO2/c1-17-14(16)13(11-7-3-2-4-8-11)12-9-5-6-10-15-12/h2-4,7-8,12-13,15H,5-6,9-10H2,1H3/t12-,13-/m1/s1/i1D3,2D,3D,4D,5D2,6D2,7D,8D,9D2,10D2,12D,13D/hD. The second-order valence-electron chi connectivity index (χ2n) is 2.71. The highest BCUT2D eigenvalue weighted by atomic mass is 16.5. The Morgan fingerprint density at radius 2 is 2.59 bits per heavy atom. The molecule has 3 heteroatoms. The summed E-state index contributed by atoms with van der Waals surface area (Å²) in [6, 6.07) is -10.9. The molecule has 1 fully saturated rings. The first-order valence-electron chi connectivity index (χ1n) is 13.8. The number of nitrogens with one attached hydrogen (secondary N) is 1. The van der Waals surface area contributed by atoms with Crippen molar-refractivity contribution in [3.8, 4) is 0 Å². The third-order valence-corrected chi connectivity index (χ3v) is 1.75. The number of rotatable bonds is 3. The van der Waals surface area contributed by atoms with Crippen molar-refractivity contribution >= 4 is 5.97 Å². The van der Waals surface area contributed by atoms with Crippen LogP contribution in [0.3, 0.4) is 0 Å². The van der Waals surface area contributed by atoms with Crippen LogP contribution in [-0.4, -0.2) is 25.5 Å². The van der Waals surface area contributed by atoms with E-state index in [4.69, 9.17) is 26.1 Å². The Morgan fingerprint density at radius 3 is 3.35 bits per heavy atom. The van der Waals surface area contributed by atoms with Crippen molar-refractivity contribution in [1.29, 1.82) is 0 Å². The lowest BCUT2D eigenvalue weighted by molar-refractivity contribution is -0.143. The average molecular weight is 252 g/mol. The third-order valence-electron chi connectivity index (χ3n) is 1.75. The number of esters is 1. The van der Waals surface area contributed by atoms with E-state index in [1.165, 1.54) is 0 Å². The molecule has 1 heterocycles. The SMILES string of the molecule is [2H]c1c([2H])c([2H])c([C@@]([2H])(C(=O)OC([2H])([2H])[2H])[C@]2([2H])N([2H])C([2H])([2H])C([2H])([2H])C([2H])([2H])C2([2H])[2H])c([2H])c1[2H]. The number of carbonyl (C=O) groups is 1. The molecule has 0 aromatic heterocycles. The van der Waals surface area contributed by atoms with Crippen LogP contribution in [0.15, 0.2) is 30.2 Å². The van der Waals surface area contributed by atoms with E-state index < -0.39 is 91.6 Å². The van der Waals surface area contributed by atoms with Crippen LogP contribution in [0.5, 0.6) is 0 Å². The van der Waals surface area contributed by atoms with Gasteiger partial charge in [-0.2, -0.15) is 0 Å². The molecular formula is C14H19NO2. The van der Waals surface area contributed by atoms with E-state index in [-0.39, 0.29) is 0 Å². The number of hydrogen-bond donors (Lipinski definition) is 1. The zero-order chi connectivity index (χ0) is 28.8. The molecule has 92 valence electrons. The van der Waals surface area contributed by atoms with Crippen LogP contribution in [0.1, 0.15) is 55.2 Å². The van der Waals surface area contributed by atoms with Gasteiger partial charge in [-0.05, 0) is 24.8 Å². The van der Waals surface area contributed by atoms with E-state index in [1.807, 2.05) is 0 Å². The Hall–Kier alpha value is -1.35. The highest BCUT2D eigenvalue weighted by Crippen LogP contribution is 2.26. The summed E-state index contributed by atoms with van der Waals surface area (Å²) in [6.07, 6.45) is -12.4. The van der Waals surface area contributed by atoms with Crippen molar-refractivity contribution in [2.24, 2.45) is 0 Å². The summed E-state index contributed by atoms with van der Waals surface area (Å²) >= 11 is 0. The monoisotopic (exact) mass is 252 g/mol. The van der Waals surface area contributed by atoms with Gasteiger partial charge in [-0.15, -0.1) is 0 Å². The average Bonchev–Trinajstić information content (AvgIpc) is 2.72. The van der Waals surface area contributed by atoms with Crippen LogP contribution in [-0.2, 0) is 9.53 Å². The summed E-state index contributed by atoms with van der Waals surface area (Å²) < 4.78 is 155. The van der Waals surface area contributed by atoms with Gasteiger partial charge in [-0.1, -0.05) is 36.6 Å². The number of ether oxygens (including phenoxy) is 1. The van der Waals surface area contributed by atoms with Gasteiger partial charge in [0.2, 0.25) is 0 Å². The fraction of sp³-hybridized carbons (Fsp3) is 0.500. The molecule has 3 nitrogen and oxygen atoms in total. The van der Waals surface area contributed by atoms with E-state index in [0.29, 0.717) is 0 Å². The van der Waals surface area contributed by atoms with Gasteiger partial charge in [0.1, 0.15) is 1.41 Å². The van der Waals surface area contributed by atoms with Gasteiger partial charge in [-0.25, -0.2) is 0 Å². The number of benzene rings is 1. The summed E-state index contributed by atoms with van der Waals surface area (Å²) in [6.45, 7) is -4.01. The molecule has 2 rings (SSSR count). The molecule has 2 atom stereocenters. The van der Waals surface area contributed by atoms with Crippen molar-refractivity contribution in [2.75, 3.05) is 13.5 Å². The van der Waals surface area contributed by atoms with E-state index in [1.54, 1.807) is 0 Å². The Bertz CT molecular complexity index is 1070. The molecule has 0 aliphatic carbocycles. The number of carbonyl (C=O) groups excluding carboxylic acids is 1. The van der Waals surface area contributed by atoms with Crippen LogP contribution in [0.4, 0.5) is 0 Å². The quantitative estimate of drug-likeness (QED) is 0.837. The Morgan fingerprint density at radius 1 is 1.76 bits per heavy atom. The molecule has 0 radical (unpaired) electrons. The molecule has 1 aliphatic heterocycles. The van der Waals surface area contributed by atoms with Crippen molar-refractivity contribution in [1.82, 2.24) is 5.31 Å². The molecule has 1 aromatic rings. The van der Waals surface area contributed by atoms with E-state index >= 15 is 0 Å². The lowest BCUT2D eigenvalue weighted by atomic mass is 9.86. The van der Waals surface area contributed by atoms with Crippen molar-refractivity contribution in [2.45, 2.75) is 31.0 Å². The first-order valence-corrected chi connectivity index (χ1v) is 4.31. The Balaban J connectivity index is 3.22. The molecular weight excluding hydrogens is 214 g/mol. The van der Waals surface area contributed by atoms with Crippen LogP contribution in [0.25, 0.3) is 0 Å². The molecule has 0 unspecified atom stereocenters. The zero-order valence-corrected chi connectivity index (χ0v) is 8.26. The Labute approximate surface area is 129 Å². The van der Waals surface area contributed by atoms with E-state index in [2.05, 4.69) is 4.74 Å². The molecule has 0 saturated carbocycles. The van der Waals surface area contributed by atoms with Crippen molar-refractivity contribution in [3.05, 3.63) is 35.8 Å². The summed E-state index contributed by atoms with van der Waals surface area (Å²) in [5.74, 6) is -6.79. The van der Waals surface area contributed by atoms with Gasteiger partial charge in [0.25, 0.3) is 0 Å². The van der Waals surface area contributed by atoms with Gasteiger partial charge in [0, 0.05) is 19.7 Å². The van der Waals surface area contributed by atoms with Crippen LogP contribution in [0, 0.1) is 0 Å². The summed E-state index contributed by atoms with van der Waals surface area (Å²) in [7, 11) is -3.74. The molecule has 1 aromatic carbocycles. The molecule has 17 heavy (non-hydrogen) atoms.